The van der Waals surface area contributed by atoms with Gasteiger partial charge in [0, 0.05) is 22.8 Å². The van der Waals surface area contributed by atoms with E-state index in [1.807, 2.05) is 0 Å². The van der Waals surface area contributed by atoms with E-state index in [1.165, 1.54) is 11.1 Å². The minimum absolute atomic E-state index is 0.506. The van der Waals surface area contributed by atoms with Crippen molar-refractivity contribution in [3.05, 3.63) is 62.1 Å². The fourth-order valence-corrected chi connectivity index (χ4v) is 2.61. The fraction of sp³-hybridized carbons (Fsp3) is 0.200. The summed E-state index contributed by atoms with van der Waals surface area (Å²) in [6, 6.07) is 9.71. The molecule has 0 amide bonds. The highest BCUT2D eigenvalue weighted by atomic mass is 35.5. The van der Waals surface area contributed by atoms with E-state index in [9.17, 15) is 0 Å². The summed E-state index contributed by atoms with van der Waals surface area (Å²) < 4.78 is 0. The zero-order valence-corrected chi connectivity index (χ0v) is 13.0. The number of halogens is 3. The topological polar surface area (TPSA) is 12.0 Å². The molecule has 100 valence electrons. The molecule has 0 atom stereocenters. The molecule has 0 spiro atoms. The third-order valence-electron chi connectivity index (χ3n) is 2.98. The van der Waals surface area contributed by atoms with Crippen LogP contribution in [0.15, 0.2) is 30.3 Å². The van der Waals surface area contributed by atoms with Gasteiger partial charge < -0.3 is 5.32 Å². The lowest BCUT2D eigenvalue weighted by atomic mass is 10.1. The van der Waals surface area contributed by atoms with Gasteiger partial charge in [0.05, 0.1) is 10.0 Å². The van der Waals surface area contributed by atoms with Gasteiger partial charge in [0.1, 0.15) is 0 Å². The summed E-state index contributed by atoms with van der Waals surface area (Å²) in [5, 5.41) is 4.98. The Morgan fingerprint density at radius 2 is 1.63 bits per heavy atom. The maximum atomic E-state index is 6.17. The van der Waals surface area contributed by atoms with Gasteiger partial charge in [0.15, 0.2) is 0 Å². The van der Waals surface area contributed by atoms with Crippen molar-refractivity contribution >= 4 is 40.5 Å². The summed E-state index contributed by atoms with van der Waals surface area (Å²) in [5.41, 5.74) is 4.31. The van der Waals surface area contributed by atoms with Crippen LogP contribution in [-0.2, 0) is 6.54 Å². The molecule has 0 aliphatic rings. The van der Waals surface area contributed by atoms with Gasteiger partial charge in [-0.1, -0.05) is 52.5 Å². The average molecular weight is 315 g/mol. The SMILES string of the molecule is Cc1ccc(NCc2c(Cl)ccc(Cl)c2Cl)c(C)c1. The van der Waals surface area contributed by atoms with E-state index >= 15 is 0 Å². The summed E-state index contributed by atoms with van der Waals surface area (Å²) in [6.07, 6.45) is 0. The molecule has 4 heteroatoms. The molecule has 0 bridgehead atoms. The number of aryl methyl sites for hydroxylation is 2. The van der Waals surface area contributed by atoms with Crippen molar-refractivity contribution in [2.24, 2.45) is 0 Å². The minimum atomic E-state index is 0.506. The first-order chi connectivity index (χ1) is 8.99. The van der Waals surface area contributed by atoms with Crippen LogP contribution >= 0.6 is 34.8 Å². The summed E-state index contributed by atoms with van der Waals surface area (Å²) in [7, 11) is 0. The van der Waals surface area contributed by atoms with Crippen LogP contribution in [0.4, 0.5) is 5.69 Å². The van der Waals surface area contributed by atoms with E-state index in [0.717, 1.165) is 11.3 Å². The number of hydrogen-bond acceptors (Lipinski definition) is 1. The first-order valence-electron chi connectivity index (χ1n) is 5.92. The van der Waals surface area contributed by atoms with Crippen LogP contribution in [0, 0.1) is 13.8 Å². The summed E-state index contributed by atoms with van der Waals surface area (Å²) in [6.45, 7) is 4.68. The van der Waals surface area contributed by atoms with Crippen LogP contribution in [0.5, 0.6) is 0 Å². The number of rotatable bonds is 3. The molecule has 0 saturated carbocycles. The summed E-state index contributed by atoms with van der Waals surface area (Å²) in [4.78, 5) is 0. The van der Waals surface area contributed by atoms with Gasteiger partial charge in [0.25, 0.3) is 0 Å². The van der Waals surface area contributed by atoms with Gasteiger partial charge >= 0.3 is 0 Å². The molecule has 2 rings (SSSR count). The molecule has 0 radical (unpaired) electrons. The molecule has 0 aromatic heterocycles. The van der Waals surface area contributed by atoms with Crippen LogP contribution in [0.3, 0.4) is 0 Å². The number of benzene rings is 2. The predicted molar refractivity (Wildman–Crippen MR) is 84.7 cm³/mol. The van der Waals surface area contributed by atoms with E-state index in [4.69, 9.17) is 34.8 Å². The van der Waals surface area contributed by atoms with E-state index in [1.54, 1.807) is 12.1 Å². The van der Waals surface area contributed by atoms with Crippen molar-refractivity contribution in [2.45, 2.75) is 20.4 Å². The average Bonchev–Trinajstić information content (AvgIpc) is 2.36. The van der Waals surface area contributed by atoms with Gasteiger partial charge in [-0.25, -0.2) is 0 Å². The van der Waals surface area contributed by atoms with Crippen molar-refractivity contribution in [2.75, 3.05) is 5.32 Å². The fourth-order valence-electron chi connectivity index (χ4n) is 1.93. The van der Waals surface area contributed by atoms with E-state index in [2.05, 4.69) is 37.4 Å². The third kappa shape index (κ3) is 3.36. The van der Waals surface area contributed by atoms with Gasteiger partial charge in [-0.3, -0.25) is 0 Å². The Bertz CT molecular complexity index is 609. The Labute approximate surface area is 128 Å². The molecule has 2 aromatic rings. The highest BCUT2D eigenvalue weighted by Gasteiger charge is 2.09. The molecular formula is C15H14Cl3N. The number of nitrogens with one attached hydrogen (secondary N) is 1. The minimum Gasteiger partial charge on any atom is -0.381 e. The van der Waals surface area contributed by atoms with Crippen molar-refractivity contribution in [3.63, 3.8) is 0 Å². The Morgan fingerprint density at radius 3 is 2.32 bits per heavy atom. The molecule has 0 heterocycles. The molecule has 0 aliphatic carbocycles. The molecule has 19 heavy (non-hydrogen) atoms. The molecule has 2 aromatic carbocycles. The highest BCUT2D eigenvalue weighted by molar-refractivity contribution is 6.44. The first kappa shape index (κ1) is 14.5. The maximum Gasteiger partial charge on any atom is 0.0657 e. The zero-order chi connectivity index (χ0) is 14.0. The lowest BCUT2D eigenvalue weighted by molar-refractivity contribution is 1.14. The molecule has 0 saturated heterocycles. The van der Waals surface area contributed by atoms with E-state index < -0.39 is 0 Å². The van der Waals surface area contributed by atoms with Crippen molar-refractivity contribution in [1.29, 1.82) is 0 Å². The number of anilines is 1. The highest BCUT2D eigenvalue weighted by Crippen LogP contribution is 2.32. The van der Waals surface area contributed by atoms with Crippen LogP contribution < -0.4 is 5.32 Å². The Hall–Kier alpha value is -0.890. The molecule has 0 fully saturated rings. The Morgan fingerprint density at radius 1 is 0.947 bits per heavy atom. The normalized spacial score (nSPS) is 10.6. The maximum absolute atomic E-state index is 6.17. The smallest absolute Gasteiger partial charge is 0.0657 e. The lowest BCUT2D eigenvalue weighted by Gasteiger charge is -2.13. The molecular weight excluding hydrogens is 301 g/mol. The molecule has 0 aliphatic heterocycles. The zero-order valence-electron chi connectivity index (χ0n) is 10.7. The third-order valence-corrected chi connectivity index (χ3v) is 4.17. The van der Waals surface area contributed by atoms with E-state index in [0.29, 0.717) is 21.6 Å². The second-order valence-electron chi connectivity index (χ2n) is 4.49. The molecule has 0 unspecified atom stereocenters. The molecule has 1 N–H and O–H groups in total. The number of hydrogen-bond donors (Lipinski definition) is 1. The van der Waals surface area contributed by atoms with Gasteiger partial charge in [-0.15, -0.1) is 0 Å². The second-order valence-corrected chi connectivity index (χ2v) is 5.69. The second kappa shape index (κ2) is 6.04. The van der Waals surface area contributed by atoms with Crippen LogP contribution in [0.2, 0.25) is 15.1 Å². The largest absolute Gasteiger partial charge is 0.381 e. The van der Waals surface area contributed by atoms with Crippen LogP contribution in [0.25, 0.3) is 0 Å². The van der Waals surface area contributed by atoms with E-state index in [-0.39, 0.29) is 0 Å². The predicted octanol–water partition coefficient (Wildman–Crippen LogP) is 5.88. The lowest BCUT2D eigenvalue weighted by Crippen LogP contribution is -2.02. The van der Waals surface area contributed by atoms with Gasteiger partial charge in [0.2, 0.25) is 0 Å². The van der Waals surface area contributed by atoms with Crippen molar-refractivity contribution in [1.82, 2.24) is 0 Å². The summed E-state index contributed by atoms with van der Waals surface area (Å²) in [5.74, 6) is 0. The first-order valence-corrected chi connectivity index (χ1v) is 7.06. The Balaban J connectivity index is 2.21. The van der Waals surface area contributed by atoms with Crippen LogP contribution in [-0.4, -0.2) is 0 Å². The van der Waals surface area contributed by atoms with Crippen molar-refractivity contribution in [3.8, 4) is 0 Å². The Kier molecular flexibility index (Phi) is 4.62. The monoisotopic (exact) mass is 313 g/mol. The standard InChI is InChI=1S/C15H14Cl3N/c1-9-3-6-14(10(2)7-9)19-8-11-12(16)4-5-13(17)15(11)18/h3-7,19H,8H2,1-2H3. The van der Waals surface area contributed by atoms with Crippen molar-refractivity contribution < 1.29 is 0 Å². The van der Waals surface area contributed by atoms with Gasteiger partial charge in [-0.2, -0.15) is 0 Å². The quantitative estimate of drug-likeness (QED) is 0.698. The van der Waals surface area contributed by atoms with Crippen LogP contribution in [0.1, 0.15) is 16.7 Å². The summed E-state index contributed by atoms with van der Waals surface area (Å²) >= 11 is 18.3. The van der Waals surface area contributed by atoms with Gasteiger partial charge in [-0.05, 0) is 37.6 Å². The molecule has 1 nitrogen and oxygen atoms in total.